The summed E-state index contributed by atoms with van der Waals surface area (Å²) in [5.74, 6) is -0.540. The van der Waals surface area contributed by atoms with Crippen LogP contribution < -0.4 is 10.1 Å². The minimum absolute atomic E-state index is 0.0890. The zero-order valence-electron chi connectivity index (χ0n) is 11.4. The monoisotopic (exact) mass is 265 g/mol. The number of hydrogen-bond donors (Lipinski definition) is 2. The van der Waals surface area contributed by atoms with E-state index in [0.717, 1.165) is 16.7 Å². The zero-order chi connectivity index (χ0) is 14.4. The number of carbonyl (C=O) groups is 2. The fraction of sp³-hybridized carbons (Fsp3) is 0.429. The van der Waals surface area contributed by atoms with Crippen LogP contribution in [0.1, 0.15) is 23.1 Å². The first-order valence-electron chi connectivity index (χ1n) is 6.10. The molecule has 0 atom stereocenters. The third-order valence-corrected chi connectivity index (χ3v) is 2.88. The van der Waals surface area contributed by atoms with Crippen molar-refractivity contribution in [2.45, 2.75) is 27.2 Å². The number of hydrogen-bond acceptors (Lipinski definition) is 3. The van der Waals surface area contributed by atoms with E-state index in [9.17, 15) is 9.59 Å². The van der Waals surface area contributed by atoms with Crippen LogP contribution in [0, 0.1) is 20.8 Å². The summed E-state index contributed by atoms with van der Waals surface area (Å²) in [5.41, 5.74) is 3.09. The maximum absolute atomic E-state index is 11.5. The smallest absolute Gasteiger partial charge is 0.305 e. The first-order chi connectivity index (χ1) is 8.91. The van der Waals surface area contributed by atoms with Crippen LogP contribution in [-0.2, 0) is 9.59 Å². The number of rotatable bonds is 6. The molecule has 2 N–H and O–H groups in total. The van der Waals surface area contributed by atoms with Crippen LogP contribution in [0.15, 0.2) is 12.1 Å². The Kier molecular flexibility index (Phi) is 5.36. The number of carboxylic acid groups (broad SMARTS) is 1. The predicted octanol–water partition coefficient (Wildman–Crippen LogP) is 1.58. The summed E-state index contributed by atoms with van der Waals surface area (Å²) in [4.78, 5) is 21.8. The van der Waals surface area contributed by atoms with Gasteiger partial charge in [0.05, 0.1) is 6.42 Å². The van der Waals surface area contributed by atoms with Crippen LogP contribution >= 0.6 is 0 Å². The molecule has 0 spiro atoms. The maximum Gasteiger partial charge on any atom is 0.305 e. The van der Waals surface area contributed by atoms with Gasteiger partial charge >= 0.3 is 5.97 Å². The number of aliphatic carboxylic acids is 1. The van der Waals surface area contributed by atoms with Crippen molar-refractivity contribution in [1.29, 1.82) is 0 Å². The molecule has 5 nitrogen and oxygen atoms in total. The Balaban J connectivity index is 2.51. The van der Waals surface area contributed by atoms with Crippen molar-refractivity contribution in [2.24, 2.45) is 0 Å². The summed E-state index contributed by atoms with van der Waals surface area (Å²) >= 11 is 0. The molecular weight excluding hydrogens is 246 g/mol. The van der Waals surface area contributed by atoms with E-state index in [-0.39, 0.29) is 25.5 Å². The molecule has 0 fully saturated rings. The van der Waals surface area contributed by atoms with Crippen LogP contribution in [0.3, 0.4) is 0 Å². The van der Waals surface area contributed by atoms with Crippen molar-refractivity contribution in [3.05, 3.63) is 28.8 Å². The highest BCUT2D eigenvalue weighted by molar-refractivity contribution is 5.78. The zero-order valence-corrected chi connectivity index (χ0v) is 11.4. The number of benzene rings is 1. The second-order valence-electron chi connectivity index (χ2n) is 4.44. The van der Waals surface area contributed by atoms with Crippen LogP contribution in [-0.4, -0.2) is 30.1 Å². The maximum atomic E-state index is 11.5. The van der Waals surface area contributed by atoms with Crippen molar-refractivity contribution in [3.63, 3.8) is 0 Å². The number of nitrogens with one attached hydrogen (secondary N) is 1. The molecule has 0 aromatic heterocycles. The molecule has 0 radical (unpaired) electrons. The van der Waals surface area contributed by atoms with E-state index >= 15 is 0 Å². The number of ether oxygens (including phenoxy) is 1. The standard InChI is InChI=1S/C14H19NO4/c1-9-4-5-10(2)14(11(9)3)19-8-12(16)15-7-6-13(17)18/h4-5H,6-8H2,1-3H3,(H,15,16)(H,17,18). The van der Waals surface area contributed by atoms with Gasteiger partial charge in [0.2, 0.25) is 0 Å². The van der Waals surface area contributed by atoms with Crippen molar-refractivity contribution in [3.8, 4) is 5.75 Å². The number of aryl methyl sites for hydroxylation is 2. The van der Waals surface area contributed by atoms with E-state index in [1.165, 1.54) is 0 Å². The van der Waals surface area contributed by atoms with Crippen molar-refractivity contribution in [2.75, 3.05) is 13.2 Å². The third-order valence-electron chi connectivity index (χ3n) is 2.88. The minimum Gasteiger partial charge on any atom is -0.483 e. The molecule has 1 aromatic rings. The number of amides is 1. The Labute approximate surface area is 112 Å². The van der Waals surface area contributed by atoms with Crippen molar-refractivity contribution < 1.29 is 19.4 Å². The van der Waals surface area contributed by atoms with Gasteiger partial charge in [-0.15, -0.1) is 0 Å². The highest BCUT2D eigenvalue weighted by Gasteiger charge is 2.09. The first-order valence-corrected chi connectivity index (χ1v) is 6.10. The van der Waals surface area contributed by atoms with Gasteiger partial charge in [-0.3, -0.25) is 9.59 Å². The van der Waals surface area contributed by atoms with E-state index in [1.807, 2.05) is 32.9 Å². The van der Waals surface area contributed by atoms with E-state index < -0.39 is 5.97 Å². The molecule has 0 aliphatic carbocycles. The summed E-state index contributed by atoms with van der Waals surface area (Å²) in [6, 6.07) is 3.95. The fourth-order valence-electron chi connectivity index (χ4n) is 1.65. The lowest BCUT2D eigenvalue weighted by molar-refractivity contribution is -0.137. The Bertz CT molecular complexity index is 483. The Morgan fingerprint density at radius 2 is 1.84 bits per heavy atom. The molecule has 0 saturated heterocycles. The topological polar surface area (TPSA) is 75.6 Å². The molecule has 0 aliphatic heterocycles. The predicted molar refractivity (Wildman–Crippen MR) is 71.4 cm³/mol. The van der Waals surface area contributed by atoms with E-state index in [1.54, 1.807) is 0 Å². The molecular formula is C14H19NO4. The molecule has 0 aliphatic rings. The second-order valence-corrected chi connectivity index (χ2v) is 4.44. The van der Waals surface area contributed by atoms with E-state index in [4.69, 9.17) is 9.84 Å². The summed E-state index contributed by atoms with van der Waals surface area (Å²) in [6.45, 7) is 5.85. The molecule has 1 amide bonds. The summed E-state index contributed by atoms with van der Waals surface area (Å²) in [5, 5.41) is 10.9. The molecule has 104 valence electrons. The van der Waals surface area contributed by atoms with Crippen molar-refractivity contribution >= 4 is 11.9 Å². The average molecular weight is 265 g/mol. The van der Waals surface area contributed by atoms with Crippen LogP contribution in [0.25, 0.3) is 0 Å². The lowest BCUT2D eigenvalue weighted by atomic mass is 10.1. The van der Waals surface area contributed by atoms with Gasteiger partial charge in [-0.1, -0.05) is 12.1 Å². The fourth-order valence-corrected chi connectivity index (χ4v) is 1.65. The largest absolute Gasteiger partial charge is 0.483 e. The summed E-state index contributed by atoms with van der Waals surface area (Å²) < 4.78 is 5.51. The first kappa shape index (κ1) is 15.0. The summed E-state index contributed by atoms with van der Waals surface area (Å²) in [7, 11) is 0. The van der Waals surface area contributed by atoms with Gasteiger partial charge in [-0.05, 0) is 37.5 Å². The molecule has 0 saturated carbocycles. The van der Waals surface area contributed by atoms with Gasteiger partial charge in [-0.25, -0.2) is 0 Å². The average Bonchev–Trinajstić information content (AvgIpc) is 2.33. The third kappa shape index (κ3) is 4.62. The van der Waals surface area contributed by atoms with Gasteiger partial charge in [0.1, 0.15) is 5.75 Å². The molecule has 0 unspecified atom stereocenters. The minimum atomic E-state index is -0.938. The highest BCUT2D eigenvalue weighted by atomic mass is 16.5. The molecule has 0 bridgehead atoms. The van der Waals surface area contributed by atoms with Gasteiger partial charge in [0.25, 0.3) is 5.91 Å². The number of carbonyl (C=O) groups excluding carboxylic acids is 1. The van der Waals surface area contributed by atoms with Crippen LogP contribution in [0.4, 0.5) is 0 Å². The number of carboxylic acids is 1. The normalized spacial score (nSPS) is 10.1. The van der Waals surface area contributed by atoms with Gasteiger partial charge in [0, 0.05) is 6.54 Å². The lowest BCUT2D eigenvalue weighted by Gasteiger charge is -2.13. The molecule has 0 heterocycles. The Hall–Kier alpha value is -2.04. The van der Waals surface area contributed by atoms with E-state index in [2.05, 4.69) is 5.32 Å². The van der Waals surface area contributed by atoms with Gasteiger partial charge < -0.3 is 15.2 Å². The van der Waals surface area contributed by atoms with Gasteiger partial charge in [0.15, 0.2) is 6.61 Å². The summed E-state index contributed by atoms with van der Waals surface area (Å²) in [6.07, 6.45) is -0.0890. The molecule has 1 rings (SSSR count). The molecule has 1 aromatic carbocycles. The Morgan fingerprint density at radius 1 is 1.21 bits per heavy atom. The van der Waals surface area contributed by atoms with Gasteiger partial charge in [-0.2, -0.15) is 0 Å². The molecule has 19 heavy (non-hydrogen) atoms. The van der Waals surface area contributed by atoms with E-state index in [0.29, 0.717) is 5.75 Å². The SMILES string of the molecule is Cc1ccc(C)c(OCC(=O)NCCC(=O)O)c1C. The Morgan fingerprint density at radius 3 is 2.47 bits per heavy atom. The highest BCUT2D eigenvalue weighted by Crippen LogP contribution is 2.25. The molecule has 5 heteroatoms. The van der Waals surface area contributed by atoms with Crippen LogP contribution in [0.2, 0.25) is 0 Å². The lowest BCUT2D eigenvalue weighted by Crippen LogP contribution is -2.30. The van der Waals surface area contributed by atoms with Crippen molar-refractivity contribution in [1.82, 2.24) is 5.32 Å². The quantitative estimate of drug-likeness (QED) is 0.819. The second kappa shape index (κ2) is 6.78. The van der Waals surface area contributed by atoms with Crippen LogP contribution in [0.5, 0.6) is 5.75 Å².